The van der Waals surface area contributed by atoms with Gasteiger partial charge in [-0.3, -0.25) is 9.69 Å². The van der Waals surface area contributed by atoms with Gasteiger partial charge < -0.3 is 10.1 Å². The first-order valence-electron chi connectivity index (χ1n) is 9.65. The number of hydrogen-bond acceptors (Lipinski definition) is 4. The van der Waals surface area contributed by atoms with E-state index in [0.29, 0.717) is 17.9 Å². The highest BCUT2D eigenvalue weighted by molar-refractivity contribution is 5.92. The molecule has 1 saturated heterocycles. The summed E-state index contributed by atoms with van der Waals surface area (Å²) >= 11 is 0. The Labute approximate surface area is 168 Å². The molecule has 0 unspecified atom stereocenters. The van der Waals surface area contributed by atoms with Crippen molar-refractivity contribution < 1.29 is 13.9 Å². The van der Waals surface area contributed by atoms with Crippen LogP contribution in [0, 0.1) is 5.82 Å². The predicted octanol–water partition coefficient (Wildman–Crippen LogP) is 2.77. The molecule has 7 heteroatoms. The maximum atomic E-state index is 13.4. The first-order valence-corrected chi connectivity index (χ1v) is 9.65. The van der Waals surface area contributed by atoms with Crippen LogP contribution in [0.1, 0.15) is 21.6 Å². The fourth-order valence-electron chi connectivity index (χ4n) is 3.34. The summed E-state index contributed by atoms with van der Waals surface area (Å²) in [6, 6.07) is 15.9. The van der Waals surface area contributed by atoms with Crippen LogP contribution in [-0.4, -0.2) is 46.9 Å². The van der Waals surface area contributed by atoms with Crippen molar-refractivity contribution in [2.75, 3.05) is 26.3 Å². The number of nitrogens with one attached hydrogen (secondary N) is 1. The molecule has 2 aromatic carbocycles. The van der Waals surface area contributed by atoms with Gasteiger partial charge in [-0.1, -0.05) is 30.3 Å². The zero-order valence-corrected chi connectivity index (χ0v) is 16.1. The number of morpholine rings is 1. The van der Waals surface area contributed by atoms with Crippen molar-refractivity contribution in [2.45, 2.75) is 13.1 Å². The van der Waals surface area contributed by atoms with E-state index in [9.17, 15) is 9.18 Å². The van der Waals surface area contributed by atoms with Gasteiger partial charge in [0.2, 0.25) is 0 Å². The van der Waals surface area contributed by atoms with Gasteiger partial charge in [0.1, 0.15) is 5.82 Å². The second-order valence-corrected chi connectivity index (χ2v) is 7.02. The molecule has 29 heavy (non-hydrogen) atoms. The van der Waals surface area contributed by atoms with Crippen molar-refractivity contribution in [3.05, 3.63) is 83.4 Å². The molecule has 1 amide bonds. The molecule has 1 N–H and O–H groups in total. The van der Waals surface area contributed by atoms with E-state index in [2.05, 4.69) is 27.4 Å². The van der Waals surface area contributed by atoms with Crippen LogP contribution in [0.15, 0.2) is 60.8 Å². The van der Waals surface area contributed by atoms with Crippen LogP contribution in [0.2, 0.25) is 0 Å². The second-order valence-electron chi connectivity index (χ2n) is 7.02. The molecule has 6 nitrogen and oxygen atoms in total. The van der Waals surface area contributed by atoms with E-state index in [1.807, 2.05) is 12.1 Å². The zero-order chi connectivity index (χ0) is 20.1. The van der Waals surface area contributed by atoms with E-state index in [4.69, 9.17) is 4.74 Å². The van der Waals surface area contributed by atoms with Gasteiger partial charge in [-0.2, -0.15) is 5.10 Å². The Morgan fingerprint density at radius 3 is 2.69 bits per heavy atom. The van der Waals surface area contributed by atoms with Crippen molar-refractivity contribution >= 4 is 5.91 Å². The number of nitrogens with zero attached hydrogens (tertiary/aromatic N) is 3. The van der Waals surface area contributed by atoms with Crippen LogP contribution in [0.5, 0.6) is 0 Å². The Balaban J connectivity index is 1.35. The van der Waals surface area contributed by atoms with Crippen LogP contribution in [0.3, 0.4) is 0 Å². The number of benzene rings is 2. The van der Waals surface area contributed by atoms with Crippen molar-refractivity contribution in [1.29, 1.82) is 0 Å². The molecule has 3 aromatic rings. The highest BCUT2D eigenvalue weighted by atomic mass is 19.1. The third kappa shape index (κ3) is 5.07. The summed E-state index contributed by atoms with van der Waals surface area (Å²) in [5.41, 5.74) is 3.11. The number of rotatable bonds is 6. The molecule has 150 valence electrons. The third-order valence-corrected chi connectivity index (χ3v) is 4.85. The van der Waals surface area contributed by atoms with Crippen molar-refractivity contribution in [2.24, 2.45) is 0 Å². The van der Waals surface area contributed by atoms with Gasteiger partial charge in [-0.25, -0.2) is 9.07 Å². The van der Waals surface area contributed by atoms with Gasteiger partial charge in [-0.05, 0) is 35.4 Å². The topological polar surface area (TPSA) is 59.4 Å². The van der Waals surface area contributed by atoms with Crippen molar-refractivity contribution in [1.82, 2.24) is 20.0 Å². The summed E-state index contributed by atoms with van der Waals surface area (Å²) in [6.45, 7) is 4.73. The van der Waals surface area contributed by atoms with Gasteiger partial charge in [-0.15, -0.1) is 0 Å². The molecule has 2 heterocycles. The van der Waals surface area contributed by atoms with E-state index in [1.165, 1.54) is 22.4 Å². The summed E-state index contributed by atoms with van der Waals surface area (Å²) in [5.74, 6) is -0.611. The fourth-order valence-corrected chi connectivity index (χ4v) is 3.34. The fraction of sp³-hybridized carbons (Fsp3) is 0.273. The Hall–Kier alpha value is -3.03. The molecular weight excluding hydrogens is 371 g/mol. The number of amides is 1. The molecule has 0 spiro atoms. The van der Waals surface area contributed by atoms with E-state index >= 15 is 0 Å². The third-order valence-electron chi connectivity index (χ3n) is 4.85. The lowest BCUT2D eigenvalue weighted by atomic mass is 10.1. The SMILES string of the molecule is O=C(NCc1cccc(CN2CCOCC2)c1)c1ccn(-c2cccc(F)c2)n1. The number of carbonyl (C=O) groups is 1. The summed E-state index contributed by atoms with van der Waals surface area (Å²) in [4.78, 5) is 14.8. The smallest absolute Gasteiger partial charge is 0.272 e. The summed E-state index contributed by atoms with van der Waals surface area (Å²) in [7, 11) is 0. The van der Waals surface area contributed by atoms with Crippen LogP contribution in [-0.2, 0) is 17.8 Å². The quantitative estimate of drug-likeness (QED) is 0.699. The van der Waals surface area contributed by atoms with E-state index < -0.39 is 0 Å². The monoisotopic (exact) mass is 394 g/mol. The summed E-state index contributed by atoms with van der Waals surface area (Å²) < 4.78 is 20.3. The minimum absolute atomic E-state index is 0.265. The van der Waals surface area contributed by atoms with Crippen LogP contribution < -0.4 is 5.32 Å². The number of carbonyl (C=O) groups excluding carboxylic acids is 1. The molecule has 0 aliphatic carbocycles. The van der Waals surface area contributed by atoms with Crippen LogP contribution >= 0.6 is 0 Å². The molecular formula is C22H23FN4O2. The normalized spacial score (nSPS) is 14.7. The Morgan fingerprint density at radius 1 is 1.07 bits per heavy atom. The zero-order valence-electron chi connectivity index (χ0n) is 16.1. The molecule has 4 rings (SSSR count). The van der Waals surface area contributed by atoms with Crippen molar-refractivity contribution in [3.63, 3.8) is 0 Å². The van der Waals surface area contributed by atoms with Gasteiger partial charge in [0.05, 0.1) is 18.9 Å². The molecule has 0 bridgehead atoms. The molecule has 1 aliphatic heterocycles. The summed E-state index contributed by atoms with van der Waals surface area (Å²) in [5, 5.41) is 7.15. The van der Waals surface area contributed by atoms with Crippen LogP contribution in [0.25, 0.3) is 5.69 Å². The molecule has 0 saturated carbocycles. The minimum atomic E-state index is -0.346. The van der Waals surface area contributed by atoms with E-state index in [-0.39, 0.29) is 11.7 Å². The molecule has 1 fully saturated rings. The molecule has 1 aliphatic rings. The average Bonchev–Trinajstić information content (AvgIpc) is 3.24. The van der Waals surface area contributed by atoms with Crippen LogP contribution in [0.4, 0.5) is 4.39 Å². The number of hydrogen-bond donors (Lipinski definition) is 1. The average molecular weight is 394 g/mol. The molecule has 0 radical (unpaired) electrons. The van der Waals surface area contributed by atoms with Gasteiger partial charge in [0.15, 0.2) is 5.69 Å². The maximum Gasteiger partial charge on any atom is 0.272 e. The minimum Gasteiger partial charge on any atom is -0.379 e. The van der Waals surface area contributed by atoms with E-state index in [0.717, 1.165) is 38.4 Å². The van der Waals surface area contributed by atoms with Crippen molar-refractivity contribution in [3.8, 4) is 5.69 Å². The maximum absolute atomic E-state index is 13.4. The Bertz CT molecular complexity index is 982. The lowest BCUT2D eigenvalue weighted by Gasteiger charge is -2.26. The number of ether oxygens (including phenoxy) is 1. The van der Waals surface area contributed by atoms with Gasteiger partial charge >= 0.3 is 0 Å². The lowest BCUT2D eigenvalue weighted by molar-refractivity contribution is 0.0342. The largest absolute Gasteiger partial charge is 0.379 e. The Morgan fingerprint density at radius 2 is 1.86 bits per heavy atom. The standard InChI is InChI=1S/C22H23FN4O2/c23-19-5-2-6-20(14-19)27-8-7-21(25-27)22(28)24-15-17-3-1-4-18(13-17)16-26-9-11-29-12-10-26/h1-8,13-14H,9-12,15-16H2,(H,24,28). The van der Waals surface area contributed by atoms with Gasteiger partial charge in [0, 0.05) is 32.4 Å². The lowest BCUT2D eigenvalue weighted by Crippen LogP contribution is -2.35. The number of halogens is 1. The molecule has 0 atom stereocenters. The highest BCUT2D eigenvalue weighted by Gasteiger charge is 2.12. The van der Waals surface area contributed by atoms with E-state index in [1.54, 1.807) is 24.4 Å². The first-order chi connectivity index (χ1) is 14.2. The number of aromatic nitrogens is 2. The van der Waals surface area contributed by atoms with Gasteiger partial charge in [0.25, 0.3) is 5.91 Å². The highest BCUT2D eigenvalue weighted by Crippen LogP contribution is 2.12. The first kappa shape index (κ1) is 19.3. The molecule has 1 aromatic heterocycles. The summed E-state index contributed by atoms with van der Waals surface area (Å²) in [6.07, 6.45) is 1.65. The Kier molecular flexibility index (Phi) is 5.97. The predicted molar refractivity (Wildman–Crippen MR) is 107 cm³/mol. The second kappa shape index (κ2) is 8.98.